The maximum Gasteiger partial charge on any atom is 0.197 e. The highest BCUT2D eigenvalue weighted by Crippen LogP contribution is 2.23. The van der Waals surface area contributed by atoms with Gasteiger partial charge in [0.25, 0.3) is 0 Å². The Morgan fingerprint density at radius 3 is 2.59 bits per heavy atom. The highest BCUT2D eigenvalue weighted by Gasteiger charge is 2.26. The lowest BCUT2D eigenvalue weighted by molar-refractivity contribution is 0.0436. The monoisotopic (exact) mass is 306 g/mol. The molecule has 2 nitrogen and oxygen atoms in total. The molecule has 0 heterocycles. The average Bonchev–Trinajstić information content (AvgIpc) is 2.31. The first-order valence-corrected chi connectivity index (χ1v) is 6.11. The van der Waals surface area contributed by atoms with Gasteiger partial charge in [-0.25, -0.2) is 8.78 Å². The number of carbonyl (C=O) groups is 1. The van der Waals surface area contributed by atoms with E-state index < -0.39 is 29.1 Å². The first-order chi connectivity index (χ1) is 8.02. The number of ether oxygens (including phenoxy) is 1. The minimum atomic E-state index is -0.881. The van der Waals surface area contributed by atoms with Crippen LogP contribution >= 0.6 is 15.9 Å². The van der Waals surface area contributed by atoms with E-state index >= 15 is 0 Å². The van der Waals surface area contributed by atoms with Crippen LogP contribution in [0.2, 0.25) is 0 Å². The fourth-order valence-electron chi connectivity index (χ4n) is 1.49. The molecule has 5 heteroatoms. The molecule has 0 bridgehead atoms. The number of benzene rings is 1. The van der Waals surface area contributed by atoms with Crippen molar-refractivity contribution in [3.05, 3.63) is 33.8 Å². The maximum atomic E-state index is 13.7. The molecule has 0 aliphatic carbocycles. The Morgan fingerprint density at radius 1 is 1.41 bits per heavy atom. The highest BCUT2D eigenvalue weighted by molar-refractivity contribution is 9.10. The summed E-state index contributed by atoms with van der Waals surface area (Å²) in [6, 6.07) is 2.28. The number of Topliss-reactive ketones (excluding diaryl/α,β-unsaturated/α-hetero) is 1. The third-order valence-corrected chi connectivity index (χ3v) is 2.93. The molecule has 0 N–H and O–H groups in total. The van der Waals surface area contributed by atoms with Crippen LogP contribution in [0.1, 0.15) is 30.6 Å². The Morgan fingerprint density at radius 2 is 2.06 bits per heavy atom. The number of carbonyl (C=O) groups excluding carboxylic acids is 1. The van der Waals surface area contributed by atoms with Crippen molar-refractivity contribution in [3.8, 4) is 0 Å². The molecule has 17 heavy (non-hydrogen) atoms. The van der Waals surface area contributed by atoms with Gasteiger partial charge in [-0.3, -0.25) is 4.79 Å². The minimum absolute atomic E-state index is 0.0635. The van der Waals surface area contributed by atoms with Crippen molar-refractivity contribution in [2.45, 2.75) is 26.4 Å². The smallest absolute Gasteiger partial charge is 0.197 e. The van der Waals surface area contributed by atoms with E-state index in [1.165, 1.54) is 6.07 Å². The van der Waals surface area contributed by atoms with Gasteiger partial charge in [-0.2, -0.15) is 0 Å². The summed E-state index contributed by atoms with van der Waals surface area (Å²) in [6.07, 6.45) is -0.434. The first kappa shape index (κ1) is 14.3. The van der Waals surface area contributed by atoms with Gasteiger partial charge >= 0.3 is 0 Å². The van der Waals surface area contributed by atoms with Crippen LogP contribution in [0.4, 0.5) is 8.78 Å². The summed E-state index contributed by atoms with van der Waals surface area (Å²) in [4.78, 5) is 11.9. The number of ketones is 1. The summed E-state index contributed by atoms with van der Waals surface area (Å²) in [6.45, 7) is 3.77. The van der Waals surface area contributed by atoms with Crippen LogP contribution in [0.5, 0.6) is 0 Å². The lowest BCUT2D eigenvalue weighted by atomic mass is 10.0. The van der Waals surface area contributed by atoms with Crippen molar-refractivity contribution >= 4 is 21.7 Å². The van der Waals surface area contributed by atoms with Crippen molar-refractivity contribution in [2.75, 3.05) is 6.61 Å². The van der Waals surface area contributed by atoms with E-state index in [-0.39, 0.29) is 4.47 Å². The average molecular weight is 307 g/mol. The van der Waals surface area contributed by atoms with Gasteiger partial charge in [0.15, 0.2) is 11.6 Å². The van der Waals surface area contributed by atoms with Crippen LogP contribution in [0.3, 0.4) is 0 Å². The molecule has 1 rings (SSSR count). The van der Waals surface area contributed by atoms with E-state index in [1.807, 2.05) is 0 Å². The van der Waals surface area contributed by atoms with Crippen molar-refractivity contribution < 1.29 is 18.3 Å². The Labute approximate surface area is 107 Å². The molecule has 0 aliphatic rings. The van der Waals surface area contributed by atoms with E-state index in [2.05, 4.69) is 15.9 Å². The van der Waals surface area contributed by atoms with Crippen LogP contribution in [-0.4, -0.2) is 18.5 Å². The first-order valence-electron chi connectivity index (χ1n) is 5.32. The Kier molecular flexibility index (Phi) is 5.21. The largest absolute Gasteiger partial charge is 0.370 e. The zero-order valence-corrected chi connectivity index (χ0v) is 11.2. The van der Waals surface area contributed by atoms with E-state index in [4.69, 9.17) is 4.74 Å². The van der Waals surface area contributed by atoms with Crippen molar-refractivity contribution in [3.63, 3.8) is 0 Å². The molecule has 94 valence electrons. The second kappa shape index (κ2) is 6.21. The second-order valence-electron chi connectivity index (χ2n) is 3.43. The lowest BCUT2D eigenvalue weighted by Crippen LogP contribution is -2.25. The minimum Gasteiger partial charge on any atom is -0.370 e. The van der Waals surface area contributed by atoms with Gasteiger partial charge in [0.1, 0.15) is 11.9 Å². The molecule has 0 aromatic heterocycles. The second-order valence-corrected chi connectivity index (χ2v) is 4.29. The topological polar surface area (TPSA) is 26.3 Å². The predicted octanol–water partition coefficient (Wildman–Crippen LogP) is 3.73. The van der Waals surface area contributed by atoms with Crippen LogP contribution in [0, 0.1) is 11.6 Å². The van der Waals surface area contributed by atoms with E-state index in [1.54, 1.807) is 13.8 Å². The normalized spacial score (nSPS) is 12.5. The van der Waals surface area contributed by atoms with Crippen LogP contribution in [-0.2, 0) is 4.74 Å². The molecule has 1 unspecified atom stereocenters. The molecule has 1 aromatic carbocycles. The van der Waals surface area contributed by atoms with Gasteiger partial charge in [-0.1, -0.05) is 6.92 Å². The fourth-order valence-corrected chi connectivity index (χ4v) is 1.82. The Bertz CT molecular complexity index is 421. The standard InChI is InChI=1S/C12H13BrF2O2/c1-3-9(17-4-2)12(16)10-8(14)6-5-7(13)11(10)15/h5-6,9H,3-4H2,1-2H3. The molecule has 0 fully saturated rings. The molecular weight excluding hydrogens is 294 g/mol. The highest BCUT2D eigenvalue weighted by atomic mass is 79.9. The molecular formula is C12H13BrF2O2. The van der Waals surface area contributed by atoms with E-state index in [9.17, 15) is 13.6 Å². The molecule has 0 aliphatic heterocycles. The lowest BCUT2D eigenvalue weighted by Gasteiger charge is -2.14. The molecule has 0 saturated carbocycles. The van der Waals surface area contributed by atoms with Gasteiger partial charge in [-0.05, 0) is 41.4 Å². The summed E-state index contributed by atoms with van der Waals surface area (Å²) >= 11 is 2.92. The third kappa shape index (κ3) is 3.10. The zero-order chi connectivity index (χ0) is 13.0. The summed E-state index contributed by atoms with van der Waals surface area (Å²) < 4.78 is 32.4. The summed E-state index contributed by atoms with van der Waals surface area (Å²) in [5.74, 6) is -2.41. The number of rotatable bonds is 5. The Balaban J connectivity index is 3.15. The zero-order valence-electron chi connectivity index (χ0n) is 9.60. The van der Waals surface area contributed by atoms with Gasteiger partial charge in [0, 0.05) is 6.61 Å². The summed E-state index contributed by atoms with van der Waals surface area (Å²) in [5.41, 5.74) is -0.542. The molecule has 0 radical (unpaired) electrons. The molecule has 1 atom stereocenters. The molecule has 0 spiro atoms. The van der Waals surface area contributed by atoms with Crippen molar-refractivity contribution in [1.29, 1.82) is 0 Å². The number of halogens is 3. The van der Waals surface area contributed by atoms with Gasteiger partial charge in [0.2, 0.25) is 0 Å². The maximum absolute atomic E-state index is 13.7. The number of hydrogen-bond acceptors (Lipinski definition) is 2. The summed E-state index contributed by atoms with van der Waals surface area (Å²) in [7, 11) is 0. The van der Waals surface area contributed by atoms with E-state index in [0.29, 0.717) is 13.0 Å². The van der Waals surface area contributed by atoms with Crippen molar-refractivity contribution in [1.82, 2.24) is 0 Å². The van der Waals surface area contributed by atoms with Gasteiger partial charge in [-0.15, -0.1) is 0 Å². The number of hydrogen-bond donors (Lipinski definition) is 0. The van der Waals surface area contributed by atoms with E-state index in [0.717, 1.165) is 6.07 Å². The predicted molar refractivity (Wildman–Crippen MR) is 64.1 cm³/mol. The van der Waals surface area contributed by atoms with Gasteiger partial charge in [0.05, 0.1) is 10.0 Å². The Hall–Kier alpha value is -0.810. The van der Waals surface area contributed by atoms with Gasteiger partial charge < -0.3 is 4.74 Å². The SMILES string of the molecule is CCOC(CC)C(=O)c1c(F)ccc(Br)c1F. The molecule has 0 amide bonds. The summed E-state index contributed by atoms with van der Waals surface area (Å²) in [5, 5.41) is 0. The van der Waals surface area contributed by atoms with Crippen LogP contribution in [0.25, 0.3) is 0 Å². The molecule has 0 saturated heterocycles. The van der Waals surface area contributed by atoms with Crippen LogP contribution in [0.15, 0.2) is 16.6 Å². The van der Waals surface area contributed by atoms with Crippen LogP contribution < -0.4 is 0 Å². The quantitative estimate of drug-likeness (QED) is 0.612. The fraction of sp³-hybridized carbons (Fsp3) is 0.417. The third-order valence-electron chi connectivity index (χ3n) is 2.32. The molecule has 1 aromatic rings. The van der Waals surface area contributed by atoms with Crippen molar-refractivity contribution in [2.24, 2.45) is 0 Å².